The second-order valence-corrected chi connectivity index (χ2v) is 6.41. The molecule has 0 heterocycles. The predicted molar refractivity (Wildman–Crippen MR) is 76.3 cm³/mol. The van der Waals surface area contributed by atoms with Crippen LogP contribution < -0.4 is 0 Å². The standard InChI is InChI=1S/C15H22O2S/c1-3-5-6-7-8-9-14-10-12-15(13-11-14)18(16,17)4-2/h4,10-13H,2-3,5-9H2,1H3. The third-order valence-corrected chi connectivity index (χ3v) is 4.41. The van der Waals surface area contributed by atoms with Crippen LogP contribution in [-0.2, 0) is 16.3 Å². The summed E-state index contributed by atoms with van der Waals surface area (Å²) >= 11 is 0. The lowest BCUT2D eigenvalue weighted by atomic mass is 10.1. The maximum Gasteiger partial charge on any atom is 0.199 e. The van der Waals surface area contributed by atoms with Gasteiger partial charge in [0.1, 0.15) is 0 Å². The van der Waals surface area contributed by atoms with Crippen LogP contribution in [0.2, 0.25) is 0 Å². The smallest absolute Gasteiger partial charge is 0.199 e. The van der Waals surface area contributed by atoms with Crippen molar-refractivity contribution >= 4 is 9.84 Å². The quantitative estimate of drug-likeness (QED) is 0.663. The van der Waals surface area contributed by atoms with Crippen LogP contribution in [0.3, 0.4) is 0 Å². The Morgan fingerprint density at radius 1 is 1.06 bits per heavy atom. The Morgan fingerprint density at radius 3 is 2.22 bits per heavy atom. The van der Waals surface area contributed by atoms with Crippen LogP contribution in [0, 0.1) is 0 Å². The van der Waals surface area contributed by atoms with Crippen LogP contribution in [0.15, 0.2) is 41.1 Å². The van der Waals surface area contributed by atoms with E-state index in [9.17, 15) is 8.42 Å². The number of benzene rings is 1. The lowest BCUT2D eigenvalue weighted by Gasteiger charge is -2.03. The average molecular weight is 266 g/mol. The number of sulfone groups is 1. The average Bonchev–Trinajstić information content (AvgIpc) is 2.39. The fraction of sp³-hybridized carbons (Fsp3) is 0.467. The minimum Gasteiger partial charge on any atom is -0.219 e. The molecule has 0 N–H and O–H groups in total. The van der Waals surface area contributed by atoms with Crippen LogP contribution in [-0.4, -0.2) is 8.42 Å². The van der Waals surface area contributed by atoms with Crippen molar-refractivity contribution < 1.29 is 8.42 Å². The molecule has 0 fully saturated rings. The van der Waals surface area contributed by atoms with Crippen LogP contribution >= 0.6 is 0 Å². The third-order valence-electron chi connectivity index (χ3n) is 3.04. The van der Waals surface area contributed by atoms with E-state index in [0.717, 1.165) is 11.8 Å². The van der Waals surface area contributed by atoms with Crippen molar-refractivity contribution in [3.05, 3.63) is 41.8 Å². The molecule has 1 rings (SSSR count). The van der Waals surface area contributed by atoms with Crippen molar-refractivity contribution in [3.8, 4) is 0 Å². The molecule has 0 amide bonds. The zero-order valence-corrected chi connectivity index (χ0v) is 11.9. The lowest BCUT2D eigenvalue weighted by Crippen LogP contribution is -1.96. The van der Waals surface area contributed by atoms with Gasteiger partial charge in [-0.2, -0.15) is 0 Å². The van der Waals surface area contributed by atoms with Crippen LogP contribution in [0.25, 0.3) is 0 Å². The molecule has 0 saturated heterocycles. The van der Waals surface area contributed by atoms with E-state index in [1.54, 1.807) is 12.1 Å². The molecule has 1 aromatic carbocycles. The van der Waals surface area contributed by atoms with Crippen molar-refractivity contribution in [3.63, 3.8) is 0 Å². The van der Waals surface area contributed by atoms with Gasteiger partial charge in [0.25, 0.3) is 0 Å². The molecule has 0 atom stereocenters. The molecule has 0 aliphatic heterocycles. The number of rotatable bonds is 8. The molecule has 0 bridgehead atoms. The van der Waals surface area contributed by atoms with Gasteiger partial charge >= 0.3 is 0 Å². The molecule has 0 aromatic heterocycles. The van der Waals surface area contributed by atoms with Gasteiger partial charge in [0.15, 0.2) is 9.84 Å². The molecule has 0 spiro atoms. The Bertz CT molecular complexity index is 458. The normalized spacial score (nSPS) is 11.4. The molecular formula is C15H22O2S. The molecule has 18 heavy (non-hydrogen) atoms. The lowest BCUT2D eigenvalue weighted by molar-refractivity contribution is 0.604. The highest BCUT2D eigenvalue weighted by molar-refractivity contribution is 7.94. The van der Waals surface area contributed by atoms with Crippen molar-refractivity contribution in [2.24, 2.45) is 0 Å². The molecule has 100 valence electrons. The fourth-order valence-electron chi connectivity index (χ4n) is 1.87. The number of unbranched alkanes of at least 4 members (excludes halogenated alkanes) is 4. The van der Waals surface area contributed by atoms with Gasteiger partial charge in [-0.15, -0.1) is 0 Å². The largest absolute Gasteiger partial charge is 0.219 e. The summed E-state index contributed by atoms with van der Waals surface area (Å²) in [6, 6.07) is 7.13. The van der Waals surface area contributed by atoms with E-state index < -0.39 is 9.84 Å². The molecule has 0 aliphatic carbocycles. The highest BCUT2D eigenvalue weighted by Crippen LogP contribution is 2.15. The van der Waals surface area contributed by atoms with Gasteiger partial charge in [0.2, 0.25) is 0 Å². The molecule has 0 radical (unpaired) electrons. The molecule has 0 unspecified atom stereocenters. The van der Waals surface area contributed by atoms with Gasteiger partial charge < -0.3 is 0 Å². The van der Waals surface area contributed by atoms with Crippen LogP contribution in [0.1, 0.15) is 44.6 Å². The molecular weight excluding hydrogens is 244 g/mol. The van der Waals surface area contributed by atoms with Crippen molar-refractivity contribution in [2.75, 3.05) is 0 Å². The first kappa shape index (κ1) is 15.0. The summed E-state index contributed by atoms with van der Waals surface area (Å²) < 4.78 is 23.1. The first-order chi connectivity index (χ1) is 8.60. The number of hydrogen-bond donors (Lipinski definition) is 0. The summed E-state index contributed by atoms with van der Waals surface area (Å²) in [4.78, 5) is 0.326. The summed E-state index contributed by atoms with van der Waals surface area (Å²) in [5.41, 5.74) is 1.20. The van der Waals surface area contributed by atoms with Gasteiger partial charge in [0.05, 0.1) is 4.90 Å². The molecule has 3 heteroatoms. The zero-order valence-electron chi connectivity index (χ0n) is 11.1. The topological polar surface area (TPSA) is 34.1 Å². The van der Waals surface area contributed by atoms with Gasteiger partial charge in [-0.3, -0.25) is 0 Å². The first-order valence-electron chi connectivity index (χ1n) is 6.56. The fourth-order valence-corrected chi connectivity index (χ4v) is 2.58. The monoisotopic (exact) mass is 266 g/mol. The van der Waals surface area contributed by atoms with E-state index in [4.69, 9.17) is 0 Å². The van der Waals surface area contributed by atoms with E-state index in [1.165, 1.54) is 37.7 Å². The molecule has 1 aromatic rings. The Kier molecular flexibility index (Phi) is 6.13. The van der Waals surface area contributed by atoms with Gasteiger partial charge in [0, 0.05) is 5.41 Å². The van der Waals surface area contributed by atoms with E-state index in [2.05, 4.69) is 13.5 Å². The van der Waals surface area contributed by atoms with Crippen molar-refractivity contribution in [1.82, 2.24) is 0 Å². The highest BCUT2D eigenvalue weighted by atomic mass is 32.2. The minimum atomic E-state index is -3.28. The Labute approximate surface area is 111 Å². The Morgan fingerprint density at radius 2 is 1.67 bits per heavy atom. The second kappa shape index (κ2) is 7.37. The van der Waals surface area contributed by atoms with E-state index in [0.29, 0.717) is 4.90 Å². The van der Waals surface area contributed by atoms with E-state index >= 15 is 0 Å². The summed E-state index contributed by atoms with van der Waals surface area (Å²) in [6.07, 6.45) is 7.30. The van der Waals surface area contributed by atoms with Gasteiger partial charge in [-0.1, -0.05) is 51.3 Å². The van der Waals surface area contributed by atoms with Crippen molar-refractivity contribution in [2.45, 2.75) is 50.3 Å². The summed E-state index contributed by atoms with van der Waals surface area (Å²) in [5, 5.41) is 0.993. The Balaban J connectivity index is 2.48. The highest BCUT2D eigenvalue weighted by Gasteiger charge is 2.08. The summed E-state index contributed by atoms with van der Waals surface area (Å²) in [7, 11) is -3.28. The van der Waals surface area contributed by atoms with E-state index in [-0.39, 0.29) is 0 Å². The number of aryl methyl sites for hydroxylation is 1. The SMILES string of the molecule is C=CS(=O)(=O)c1ccc(CCCCCCC)cc1. The first-order valence-corrected chi connectivity index (χ1v) is 8.11. The predicted octanol–water partition coefficient (Wildman–Crippen LogP) is 4.12. The van der Waals surface area contributed by atoms with Crippen LogP contribution in [0.4, 0.5) is 0 Å². The third kappa shape index (κ3) is 4.65. The molecule has 0 aliphatic rings. The van der Waals surface area contributed by atoms with Gasteiger partial charge in [-0.05, 0) is 30.5 Å². The maximum atomic E-state index is 11.5. The molecule has 0 saturated carbocycles. The number of hydrogen-bond acceptors (Lipinski definition) is 2. The zero-order chi connectivity index (χ0) is 13.4. The second-order valence-electron chi connectivity index (χ2n) is 4.52. The Hall–Kier alpha value is -1.09. The van der Waals surface area contributed by atoms with Gasteiger partial charge in [-0.25, -0.2) is 8.42 Å². The summed E-state index contributed by atoms with van der Waals surface area (Å²) in [5.74, 6) is 0. The summed E-state index contributed by atoms with van der Waals surface area (Å²) in [6.45, 7) is 5.53. The minimum absolute atomic E-state index is 0.326. The van der Waals surface area contributed by atoms with E-state index in [1.807, 2.05) is 12.1 Å². The van der Waals surface area contributed by atoms with Crippen molar-refractivity contribution in [1.29, 1.82) is 0 Å². The van der Waals surface area contributed by atoms with Crippen LogP contribution in [0.5, 0.6) is 0 Å². The maximum absolute atomic E-state index is 11.5. The molecule has 2 nitrogen and oxygen atoms in total.